The van der Waals surface area contributed by atoms with E-state index in [1.54, 1.807) is 12.1 Å². The fraction of sp³-hybridized carbons (Fsp3) is 0.263. The maximum absolute atomic E-state index is 12.5. The van der Waals surface area contributed by atoms with Crippen LogP contribution in [0.2, 0.25) is 0 Å². The molecule has 0 saturated heterocycles. The summed E-state index contributed by atoms with van der Waals surface area (Å²) in [5, 5.41) is 2.82. The predicted molar refractivity (Wildman–Crippen MR) is 97.0 cm³/mol. The van der Waals surface area contributed by atoms with E-state index in [-0.39, 0.29) is 16.5 Å². The van der Waals surface area contributed by atoms with Crippen LogP contribution in [0.25, 0.3) is 0 Å². The summed E-state index contributed by atoms with van der Waals surface area (Å²) in [6.07, 6.45) is 0.649. The molecule has 2 amide bonds. The van der Waals surface area contributed by atoms with Crippen molar-refractivity contribution in [2.45, 2.75) is 31.2 Å². The first-order valence-corrected chi connectivity index (χ1v) is 9.80. The first kappa shape index (κ1) is 18.1. The number of fused-ring (bicyclic) bond motifs is 1. The molecule has 26 heavy (non-hydrogen) atoms. The average Bonchev–Trinajstić information content (AvgIpc) is 2.82. The van der Waals surface area contributed by atoms with Crippen molar-refractivity contribution in [1.29, 1.82) is 0 Å². The molecule has 1 N–H and O–H groups in total. The van der Waals surface area contributed by atoms with Gasteiger partial charge in [-0.3, -0.25) is 9.59 Å². The summed E-state index contributed by atoms with van der Waals surface area (Å²) in [4.78, 5) is 24.7. The van der Waals surface area contributed by atoms with Gasteiger partial charge in [0.05, 0.1) is 11.6 Å². The van der Waals surface area contributed by atoms with Gasteiger partial charge in [-0.05, 0) is 31.0 Å². The van der Waals surface area contributed by atoms with E-state index in [4.69, 9.17) is 0 Å². The number of hydrogen-bond acceptors (Lipinski definition) is 4. The van der Waals surface area contributed by atoms with Gasteiger partial charge in [0.2, 0.25) is 5.91 Å². The summed E-state index contributed by atoms with van der Waals surface area (Å²) < 4.78 is 25.7. The fourth-order valence-corrected chi connectivity index (χ4v) is 4.50. The molecule has 0 aliphatic carbocycles. The number of nitrogens with zero attached hydrogens (tertiary/aromatic N) is 1. The van der Waals surface area contributed by atoms with Gasteiger partial charge in [0.25, 0.3) is 15.9 Å². The zero-order valence-electron chi connectivity index (χ0n) is 14.6. The first-order valence-electron chi connectivity index (χ1n) is 8.36. The highest BCUT2D eigenvalue weighted by Gasteiger charge is 2.41. The largest absolute Gasteiger partial charge is 0.348 e. The van der Waals surface area contributed by atoms with Gasteiger partial charge in [-0.25, -0.2) is 12.7 Å². The Morgan fingerprint density at radius 3 is 2.38 bits per heavy atom. The standard InChI is InChI=1S/C19H20N2O4S/c1-3-16(14-10-8-13(2)9-11-14)20-18(22)12-21-19(23)15-6-4-5-7-17(15)26(21,24)25/h4-11,16H,3,12H2,1-2H3,(H,20,22)/t16-/m0/s1. The van der Waals surface area contributed by atoms with Crippen molar-refractivity contribution >= 4 is 21.8 Å². The first-order chi connectivity index (χ1) is 12.3. The second-order valence-corrected chi connectivity index (χ2v) is 8.08. The monoisotopic (exact) mass is 372 g/mol. The van der Waals surface area contributed by atoms with Crippen molar-refractivity contribution in [3.63, 3.8) is 0 Å². The number of rotatable bonds is 5. The van der Waals surface area contributed by atoms with Crippen LogP contribution in [0.1, 0.15) is 40.9 Å². The lowest BCUT2D eigenvalue weighted by molar-refractivity contribution is -0.121. The molecule has 0 spiro atoms. The van der Waals surface area contributed by atoms with Gasteiger partial charge in [-0.15, -0.1) is 0 Å². The van der Waals surface area contributed by atoms with Crippen molar-refractivity contribution in [2.24, 2.45) is 0 Å². The molecule has 6 nitrogen and oxygen atoms in total. The minimum Gasteiger partial charge on any atom is -0.348 e. The van der Waals surface area contributed by atoms with Gasteiger partial charge in [0.1, 0.15) is 11.4 Å². The predicted octanol–water partition coefficient (Wildman–Crippen LogP) is 2.41. The number of sulfonamides is 1. The van der Waals surface area contributed by atoms with E-state index in [2.05, 4.69) is 5.32 Å². The smallest absolute Gasteiger partial charge is 0.269 e. The number of carbonyl (C=O) groups is 2. The zero-order chi connectivity index (χ0) is 18.9. The third kappa shape index (κ3) is 3.22. The topological polar surface area (TPSA) is 83.6 Å². The number of hydrogen-bond donors (Lipinski definition) is 1. The van der Waals surface area contributed by atoms with Crippen LogP contribution in [0.3, 0.4) is 0 Å². The molecule has 3 rings (SSSR count). The molecule has 0 radical (unpaired) electrons. The van der Waals surface area contributed by atoms with Gasteiger partial charge in [-0.1, -0.05) is 48.9 Å². The Bertz CT molecular complexity index is 952. The molecule has 0 fully saturated rings. The lowest BCUT2D eigenvalue weighted by atomic mass is 10.0. The molecular weight excluding hydrogens is 352 g/mol. The zero-order valence-corrected chi connectivity index (χ0v) is 15.4. The minimum absolute atomic E-state index is 0.0524. The molecule has 1 aliphatic rings. The van der Waals surface area contributed by atoms with E-state index in [1.165, 1.54) is 12.1 Å². The van der Waals surface area contributed by atoms with Crippen LogP contribution >= 0.6 is 0 Å². The van der Waals surface area contributed by atoms with Crippen LogP contribution in [-0.4, -0.2) is 31.1 Å². The number of benzene rings is 2. The summed E-state index contributed by atoms with van der Waals surface area (Å²) in [5.41, 5.74) is 2.15. The molecule has 0 bridgehead atoms. The van der Waals surface area contributed by atoms with Crippen LogP contribution < -0.4 is 5.32 Å². The van der Waals surface area contributed by atoms with Crippen molar-refractivity contribution in [1.82, 2.24) is 9.62 Å². The molecule has 2 aromatic rings. The number of carbonyl (C=O) groups excluding carboxylic acids is 2. The van der Waals surface area contributed by atoms with Crippen LogP contribution in [0.15, 0.2) is 53.4 Å². The van der Waals surface area contributed by atoms with E-state index in [1.807, 2.05) is 38.1 Å². The molecule has 7 heteroatoms. The molecule has 1 atom stereocenters. The van der Waals surface area contributed by atoms with Crippen molar-refractivity contribution in [3.05, 3.63) is 65.2 Å². The molecule has 136 valence electrons. The second-order valence-electron chi connectivity index (χ2n) is 6.25. The van der Waals surface area contributed by atoms with Gasteiger partial charge in [0, 0.05) is 0 Å². The number of nitrogens with one attached hydrogen (secondary N) is 1. The third-order valence-corrected chi connectivity index (χ3v) is 6.21. The number of amides is 2. The Balaban J connectivity index is 1.76. The number of aryl methyl sites for hydroxylation is 1. The van der Waals surface area contributed by atoms with E-state index in [0.717, 1.165) is 11.1 Å². The lowest BCUT2D eigenvalue weighted by Crippen LogP contribution is -2.41. The van der Waals surface area contributed by atoms with Crippen molar-refractivity contribution < 1.29 is 18.0 Å². The lowest BCUT2D eigenvalue weighted by Gasteiger charge is -2.20. The van der Waals surface area contributed by atoms with Gasteiger partial charge < -0.3 is 5.32 Å². The van der Waals surface area contributed by atoms with E-state index < -0.39 is 28.4 Å². The van der Waals surface area contributed by atoms with Crippen LogP contribution in [-0.2, 0) is 14.8 Å². The summed E-state index contributed by atoms with van der Waals surface area (Å²) in [7, 11) is -3.98. The highest BCUT2D eigenvalue weighted by molar-refractivity contribution is 7.90. The van der Waals surface area contributed by atoms with E-state index in [9.17, 15) is 18.0 Å². The maximum atomic E-state index is 12.5. The highest BCUT2D eigenvalue weighted by atomic mass is 32.2. The van der Waals surface area contributed by atoms with E-state index >= 15 is 0 Å². The Kier molecular flexibility index (Phi) is 4.82. The highest BCUT2D eigenvalue weighted by Crippen LogP contribution is 2.29. The molecule has 2 aromatic carbocycles. The Morgan fingerprint density at radius 2 is 1.77 bits per heavy atom. The van der Waals surface area contributed by atoms with Gasteiger partial charge in [-0.2, -0.15) is 0 Å². The summed E-state index contributed by atoms with van der Waals surface area (Å²) in [6, 6.07) is 13.5. The molecule has 0 aromatic heterocycles. The Labute approximate surface area is 152 Å². The SMILES string of the molecule is CC[C@H](NC(=O)CN1C(=O)c2ccccc2S1(=O)=O)c1ccc(C)cc1. The summed E-state index contributed by atoms with van der Waals surface area (Å²) in [5.74, 6) is -1.18. The average molecular weight is 372 g/mol. The fourth-order valence-electron chi connectivity index (χ4n) is 2.98. The normalized spacial score (nSPS) is 16.2. The Hall–Kier alpha value is -2.67. The Morgan fingerprint density at radius 1 is 1.12 bits per heavy atom. The quantitative estimate of drug-likeness (QED) is 0.874. The molecule has 0 unspecified atom stereocenters. The second kappa shape index (κ2) is 6.92. The van der Waals surface area contributed by atoms with Gasteiger partial charge in [0.15, 0.2) is 0 Å². The van der Waals surface area contributed by atoms with Crippen LogP contribution in [0.4, 0.5) is 0 Å². The maximum Gasteiger partial charge on any atom is 0.269 e. The molecule has 0 saturated carbocycles. The van der Waals surface area contributed by atoms with E-state index in [0.29, 0.717) is 10.7 Å². The summed E-state index contributed by atoms with van der Waals surface area (Å²) in [6.45, 7) is 3.38. The summed E-state index contributed by atoms with van der Waals surface area (Å²) >= 11 is 0. The minimum atomic E-state index is -3.98. The third-order valence-electron chi connectivity index (χ3n) is 4.42. The van der Waals surface area contributed by atoms with Crippen molar-refractivity contribution in [2.75, 3.05) is 6.54 Å². The van der Waals surface area contributed by atoms with Gasteiger partial charge >= 0.3 is 0 Å². The van der Waals surface area contributed by atoms with Crippen LogP contribution in [0, 0.1) is 6.92 Å². The molecule has 1 heterocycles. The van der Waals surface area contributed by atoms with Crippen LogP contribution in [0.5, 0.6) is 0 Å². The molecular formula is C19H20N2O4S. The van der Waals surface area contributed by atoms with Crippen molar-refractivity contribution in [3.8, 4) is 0 Å². The molecule has 1 aliphatic heterocycles.